The molecular weight excluding hydrogens is 368 g/mol. The predicted octanol–water partition coefficient (Wildman–Crippen LogP) is 1.49. The van der Waals surface area contributed by atoms with Gasteiger partial charge in [0.15, 0.2) is 0 Å². The molecular formula is C17H22N6O3S. The summed E-state index contributed by atoms with van der Waals surface area (Å²) in [5.41, 5.74) is 0.240. The third-order valence-electron chi connectivity index (χ3n) is 4.65. The third-order valence-corrected chi connectivity index (χ3v) is 6.17. The van der Waals surface area contributed by atoms with Crippen molar-refractivity contribution in [3.05, 3.63) is 29.8 Å². The van der Waals surface area contributed by atoms with Gasteiger partial charge < -0.3 is 4.90 Å². The molecule has 1 aliphatic carbocycles. The van der Waals surface area contributed by atoms with Crippen LogP contribution in [0.15, 0.2) is 29.2 Å². The largest absolute Gasteiger partial charge is 0.340 e. The minimum Gasteiger partial charge on any atom is -0.340 e. The Bertz CT molecular complexity index is 932. The van der Waals surface area contributed by atoms with Crippen LogP contribution in [0.1, 0.15) is 42.5 Å². The van der Waals surface area contributed by atoms with Gasteiger partial charge in [-0.3, -0.25) is 10.1 Å². The lowest BCUT2D eigenvalue weighted by atomic mass is 10.1. The summed E-state index contributed by atoms with van der Waals surface area (Å²) in [6.07, 6.45) is 5.12. The average molecular weight is 390 g/mol. The quantitative estimate of drug-likeness (QED) is 0.687. The van der Waals surface area contributed by atoms with Gasteiger partial charge in [0.1, 0.15) is 0 Å². The number of amides is 1. The number of carbonyl (C=O) groups excluding carboxylic acids is 1. The van der Waals surface area contributed by atoms with E-state index < -0.39 is 15.9 Å². The highest BCUT2D eigenvalue weighted by Crippen LogP contribution is 2.23. The third kappa shape index (κ3) is 4.28. The summed E-state index contributed by atoms with van der Waals surface area (Å²) in [5, 5.41) is 9.51. The van der Waals surface area contributed by atoms with Gasteiger partial charge in [-0.2, -0.15) is 4.98 Å². The molecule has 1 amide bonds. The maximum absolute atomic E-state index is 12.5. The Kier molecular flexibility index (Phi) is 4.83. The van der Waals surface area contributed by atoms with Gasteiger partial charge in [-0.25, -0.2) is 18.2 Å². The van der Waals surface area contributed by atoms with Crippen LogP contribution in [0.2, 0.25) is 0 Å². The van der Waals surface area contributed by atoms with E-state index in [1.54, 1.807) is 12.1 Å². The summed E-state index contributed by atoms with van der Waals surface area (Å²) in [7, 11) is -3.61. The Morgan fingerprint density at radius 3 is 2.70 bits per heavy atom. The maximum Gasteiger partial charge on any atom is 0.258 e. The highest BCUT2D eigenvalue weighted by atomic mass is 32.2. The molecule has 1 saturated heterocycles. The zero-order chi connectivity index (χ0) is 18.9. The Labute approximate surface area is 157 Å². The number of anilines is 2. The van der Waals surface area contributed by atoms with Crippen LogP contribution in [-0.2, 0) is 10.0 Å². The molecule has 0 atom stereocenters. The van der Waals surface area contributed by atoms with Crippen LogP contribution in [0, 0.1) is 0 Å². The van der Waals surface area contributed by atoms with Crippen molar-refractivity contribution < 1.29 is 13.2 Å². The summed E-state index contributed by atoms with van der Waals surface area (Å²) in [5.74, 6) is 0.361. The molecule has 2 aromatic rings. The van der Waals surface area contributed by atoms with E-state index in [0.717, 1.165) is 38.8 Å². The molecule has 10 heteroatoms. The van der Waals surface area contributed by atoms with Gasteiger partial charge in [-0.05, 0) is 50.3 Å². The van der Waals surface area contributed by atoms with Gasteiger partial charge >= 0.3 is 0 Å². The molecule has 1 aliphatic heterocycles. The lowest BCUT2D eigenvalue weighted by molar-refractivity contribution is 0.102. The summed E-state index contributed by atoms with van der Waals surface area (Å²) in [4.78, 5) is 19.0. The van der Waals surface area contributed by atoms with E-state index in [2.05, 4.69) is 30.1 Å². The molecule has 1 saturated carbocycles. The molecule has 9 nitrogen and oxygen atoms in total. The fourth-order valence-corrected chi connectivity index (χ4v) is 4.37. The van der Waals surface area contributed by atoms with Crippen LogP contribution in [-0.4, -0.2) is 48.6 Å². The first-order valence-electron chi connectivity index (χ1n) is 9.12. The van der Waals surface area contributed by atoms with E-state index in [-0.39, 0.29) is 22.4 Å². The number of sulfonamides is 1. The van der Waals surface area contributed by atoms with Crippen LogP contribution in [0.25, 0.3) is 0 Å². The van der Waals surface area contributed by atoms with E-state index in [1.165, 1.54) is 18.6 Å². The van der Waals surface area contributed by atoms with Crippen molar-refractivity contribution in [2.75, 3.05) is 23.3 Å². The lowest BCUT2D eigenvalue weighted by Crippen LogP contribution is -2.30. The summed E-state index contributed by atoms with van der Waals surface area (Å²) in [6.45, 7) is 1.80. The van der Waals surface area contributed by atoms with E-state index in [4.69, 9.17) is 0 Å². The number of hydrogen-bond acceptors (Lipinski definition) is 6. The Morgan fingerprint density at radius 1 is 1.19 bits per heavy atom. The minimum atomic E-state index is -3.61. The second-order valence-corrected chi connectivity index (χ2v) is 8.62. The number of benzene rings is 1. The number of aromatic nitrogens is 3. The lowest BCUT2D eigenvalue weighted by Gasteiger charge is -2.24. The second kappa shape index (κ2) is 7.28. The first-order chi connectivity index (χ1) is 13.0. The van der Waals surface area contributed by atoms with Gasteiger partial charge in [-0.15, -0.1) is 5.10 Å². The molecule has 0 bridgehead atoms. The van der Waals surface area contributed by atoms with Gasteiger partial charge in [0.25, 0.3) is 5.91 Å². The zero-order valence-corrected chi connectivity index (χ0v) is 15.6. The molecule has 1 aromatic carbocycles. The molecule has 144 valence electrons. The van der Waals surface area contributed by atoms with Crippen molar-refractivity contribution >= 4 is 27.8 Å². The van der Waals surface area contributed by atoms with Gasteiger partial charge in [-0.1, -0.05) is 6.07 Å². The summed E-state index contributed by atoms with van der Waals surface area (Å²) >= 11 is 0. The van der Waals surface area contributed by atoms with Crippen LogP contribution in [0.4, 0.5) is 11.9 Å². The number of carbonyl (C=O) groups is 1. The number of H-pyrrole nitrogens is 1. The Morgan fingerprint density at radius 2 is 1.96 bits per heavy atom. The van der Waals surface area contributed by atoms with Crippen molar-refractivity contribution in [2.24, 2.45) is 0 Å². The van der Waals surface area contributed by atoms with E-state index in [1.807, 2.05) is 0 Å². The highest BCUT2D eigenvalue weighted by molar-refractivity contribution is 7.89. The highest BCUT2D eigenvalue weighted by Gasteiger charge is 2.28. The van der Waals surface area contributed by atoms with Crippen LogP contribution in [0.5, 0.6) is 0 Å². The smallest absolute Gasteiger partial charge is 0.258 e. The van der Waals surface area contributed by atoms with E-state index >= 15 is 0 Å². The monoisotopic (exact) mass is 390 g/mol. The summed E-state index contributed by atoms with van der Waals surface area (Å²) < 4.78 is 27.2. The minimum absolute atomic E-state index is 0.00915. The average Bonchev–Trinajstić information content (AvgIpc) is 3.36. The van der Waals surface area contributed by atoms with Crippen molar-refractivity contribution in [2.45, 2.75) is 43.0 Å². The van der Waals surface area contributed by atoms with Gasteiger partial charge in [0.05, 0.1) is 4.90 Å². The molecule has 0 spiro atoms. The van der Waals surface area contributed by atoms with Crippen LogP contribution >= 0.6 is 0 Å². The molecule has 1 aromatic heterocycles. The zero-order valence-electron chi connectivity index (χ0n) is 14.8. The molecule has 3 N–H and O–H groups in total. The number of rotatable bonds is 6. The molecule has 4 rings (SSSR count). The number of hydrogen-bond donors (Lipinski definition) is 3. The fourth-order valence-electron chi connectivity index (χ4n) is 3.02. The van der Waals surface area contributed by atoms with Gasteiger partial charge in [0.2, 0.25) is 21.9 Å². The maximum atomic E-state index is 12.5. The Hall–Kier alpha value is -2.46. The fraction of sp³-hybridized carbons (Fsp3) is 0.471. The molecule has 0 radical (unpaired) electrons. The molecule has 2 fully saturated rings. The van der Waals surface area contributed by atoms with Crippen LogP contribution < -0.4 is 14.9 Å². The summed E-state index contributed by atoms with van der Waals surface area (Å²) in [6, 6.07) is 5.96. The number of nitrogens with one attached hydrogen (secondary N) is 3. The topological polar surface area (TPSA) is 120 Å². The van der Waals surface area contributed by atoms with E-state index in [0.29, 0.717) is 5.95 Å². The number of piperidine rings is 1. The van der Waals surface area contributed by atoms with E-state index in [9.17, 15) is 13.2 Å². The Balaban J connectivity index is 1.45. The number of aromatic amines is 1. The van der Waals surface area contributed by atoms with Gasteiger partial charge in [0, 0.05) is 24.7 Å². The predicted molar refractivity (Wildman–Crippen MR) is 100 cm³/mol. The van der Waals surface area contributed by atoms with Crippen molar-refractivity contribution in [1.29, 1.82) is 0 Å². The normalized spacial score (nSPS) is 17.7. The SMILES string of the molecule is O=C(Nc1nc(N2CCCCC2)n[nH]1)c1cccc(S(=O)(=O)NC2CC2)c1. The first-order valence-corrected chi connectivity index (χ1v) is 10.6. The van der Waals surface area contributed by atoms with Crippen LogP contribution in [0.3, 0.4) is 0 Å². The standard InChI is InChI=1S/C17H22N6O3S/c24-15(18-16-19-17(21-20-16)23-9-2-1-3-10-23)12-5-4-6-14(11-12)27(25,26)22-13-7-8-13/h4-6,11,13,22H,1-3,7-10H2,(H2,18,19,20,21,24). The first kappa shape index (κ1) is 17.9. The number of nitrogens with zero attached hydrogens (tertiary/aromatic N) is 3. The molecule has 2 aliphatic rings. The molecule has 27 heavy (non-hydrogen) atoms. The molecule has 2 heterocycles. The van der Waals surface area contributed by atoms with Crippen molar-refractivity contribution in [3.63, 3.8) is 0 Å². The van der Waals surface area contributed by atoms with Crippen molar-refractivity contribution in [1.82, 2.24) is 19.9 Å². The van der Waals surface area contributed by atoms with Crippen molar-refractivity contribution in [3.8, 4) is 0 Å². The molecule has 0 unspecified atom stereocenters. The second-order valence-electron chi connectivity index (χ2n) is 6.91.